The van der Waals surface area contributed by atoms with Gasteiger partial charge in [-0.15, -0.1) is 0 Å². The van der Waals surface area contributed by atoms with Crippen LogP contribution in [0.3, 0.4) is 0 Å². The van der Waals surface area contributed by atoms with Crippen LogP contribution in [0.5, 0.6) is 0 Å². The molecule has 6 heteroatoms. The van der Waals surface area contributed by atoms with Crippen molar-refractivity contribution in [3.63, 3.8) is 0 Å². The van der Waals surface area contributed by atoms with Gasteiger partial charge in [-0.25, -0.2) is 9.78 Å². The Morgan fingerprint density at radius 2 is 2.05 bits per heavy atom. The third-order valence-electron chi connectivity index (χ3n) is 3.69. The van der Waals surface area contributed by atoms with Crippen molar-refractivity contribution in [3.8, 4) is 0 Å². The summed E-state index contributed by atoms with van der Waals surface area (Å²) in [6.07, 6.45) is 2.20. The molecule has 1 aliphatic heterocycles. The van der Waals surface area contributed by atoms with Crippen LogP contribution in [0.1, 0.15) is 6.42 Å². The fourth-order valence-corrected chi connectivity index (χ4v) is 2.49. The number of hydrogen-bond acceptors (Lipinski definition) is 3. The average molecular weight is 285 g/mol. The van der Waals surface area contributed by atoms with Crippen LogP contribution < -0.4 is 5.32 Å². The quantitative estimate of drug-likeness (QED) is 0.886. The summed E-state index contributed by atoms with van der Waals surface area (Å²) in [5.41, 5.74) is 0. The molecule has 0 aliphatic carbocycles. The minimum absolute atomic E-state index is 0.245. The number of hydrogen-bond donors (Lipinski definition) is 2. The molecule has 2 amide bonds. The van der Waals surface area contributed by atoms with Crippen molar-refractivity contribution < 1.29 is 14.7 Å². The highest BCUT2D eigenvalue weighted by Gasteiger charge is 2.30. The second-order valence-electron chi connectivity index (χ2n) is 5.12. The molecule has 2 aromatic rings. The lowest BCUT2D eigenvalue weighted by Gasteiger charge is -2.16. The maximum absolute atomic E-state index is 12.1. The Labute approximate surface area is 121 Å². The van der Waals surface area contributed by atoms with Crippen LogP contribution in [0.15, 0.2) is 36.5 Å². The van der Waals surface area contributed by atoms with Crippen LogP contribution >= 0.6 is 0 Å². The number of aromatic nitrogens is 1. The number of carbonyl (C=O) groups excluding carboxylic acids is 1. The van der Waals surface area contributed by atoms with Gasteiger partial charge in [-0.3, -0.25) is 10.1 Å². The highest BCUT2D eigenvalue weighted by atomic mass is 16.4. The van der Waals surface area contributed by atoms with Crippen molar-refractivity contribution >= 4 is 28.6 Å². The van der Waals surface area contributed by atoms with Gasteiger partial charge in [0.25, 0.3) is 0 Å². The zero-order valence-corrected chi connectivity index (χ0v) is 11.3. The normalized spacial score (nSPS) is 17.9. The Morgan fingerprint density at radius 3 is 2.76 bits per heavy atom. The van der Waals surface area contributed by atoms with Crippen LogP contribution in [-0.2, 0) is 4.79 Å². The SMILES string of the molecule is O=C(O)C1CCN(C(=O)Nc2cc3ccccc3cn2)C1. The number of carbonyl (C=O) groups is 2. The van der Waals surface area contributed by atoms with Crippen LogP contribution in [0.4, 0.5) is 10.6 Å². The molecule has 2 N–H and O–H groups in total. The number of carboxylic acids is 1. The van der Waals surface area contributed by atoms with Crippen molar-refractivity contribution in [3.05, 3.63) is 36.5 Å². The lowest BCUT2D eigenvalue weighted by molar-refractivity contribution is -0.141. The zero-order valence-electron chi connectivity index (χ0n) is 11.3. The topological polar surface area (TPSA) is 82.5 Å². The number of nitrogens with one attached hydrogen (secondary N) is 1. The van der Waals surface area contributed by atoms with Gasteiger partial charge in [0.15, 0.2) is 0 Å². The molecule has 1 unspecified atom stereocenters. The third-order valence-corrected chi connectivity index (χ3v) is 3.69. The first-order valence-corrected chi connectivity index (χ1v) is 6.77. The molecule has 2 heterocycles. The molecule has 1 aromatic carbocycles. The molecule has 0 bridgehead atoms. The summed E-state index contributed by atoms with van der Waals surface area (Å²) < 4.78 is 0. The van der Waals surface area contributed by atoms with E-state index in [1.165, 1.54) is 4.90 Å². The number of carboxylic acid groups (broad SMARTS) is 1. The van der Waals surface area contributed by atoms with E-state index in [9.17, 15) is 9.59 Å². The molecule has 1 aliphatic rings. The predicted octanol–water partition coefficient (Wildman–Crippen LogP) is 2.17. The number of pyridine rings is 1. The number of benzene rings is 1. The van der Waals surface area contributed by atoms with Gasteiger partial charge in [0.05, 0.1) is 5.92 Å². The Morgan fingerprint density at radius 1 is 1.29 bits per heavy atom. The lowest BCUT2D eigenvalue weighted by Crippen LogP contribution is -2.34. The minimum atomic E-state index is -0.853. The Kier molecular flexibility index (Phi) is 3.43. The summed E-state index contributed by atoms with van der Waals surface area (Å²) in [4.78, 5) is 28.7. The van der Waals surface area contributed by atoms with E-state index in [2.05, 4.69) is 10.3 Å². The molecule has 1 atom stereocenters. The second-order valence-corrected chi connectivity index (χ2v) is 5.12. The van der Waals surface area contributed by atoms with Crippen molar-refractivity contribution in [1.82, 2.24) is 9.88 Å². The van der Waals surface area contributed by atoms with Gasteiger partial charge in [0.2, 0.25) is 0 Å². The first kappa shape index (κ1) is 13.4. The number of rotatable bonds is 2. The number of anilines is 1. The van der Waals surface area contributed by atoms with Crippen molar-refractivity contribution in [2.45, 2.75) is 6.42 Å². The van der Waals surface area contributed by atoms with Gasteiger partial charge in [0, 0.05) is 24.7 Å². The summed E-state index contributed by atoms with van der Waals surface area (Å²) in [7, 11) is 0. The molecule has 6 nitrogen and oxygen atoms in total. The average Bonchev–Trinajstić information content (AvgIpc) is 2.97. The van der Waals surface area contributed by atoms with Crippen LogP contribution in [0.2, 0.25) is 0 Å². The Hall–Kier alpha value is -2.63. The number of fused-ring (bicyclic) bond motifs is 1. The summed E-state index contributed by atoms with van der Waals surface area (Å²) in [6, 6.07) is 9.25. The van der Waals surface area contributed by atoms with E-state index < -0.39 is 11.9 Å². The van der Waals surface area contributed by atoms with E-state index >= 15 is 0 Å². The fraction of sp³-hybridized carbons (Fsp3) is 0.267. The van der Waals surface area contributed by atoms with Crippen molar-refractivity contribution in [2.24, 2.45) is 5.92 Å². The van der Waals surface area contributed by atoms with Crippen molar-refractivity contribution in [2.75, 3.05) is 18.4 Å². The molecule has 1 aromatic heterocycles. The summed E-state index contributed by atoms with van der Waals surface area (Å²) >= 11 is 0. The molecule has 3 rings (SSSR count). The summed E-state index contributed by atoms with van der Waals surface area (Å²) in [5.74, 6) is -0.855. The van der Waals surface area contributed by atoms with Crippen LogP contribution in [0.25, 0.3) is 10.8 Å². The Bertz CT molecular complexity index is 701. The summed E-state index contributed by atoms with van der Waals surface area (Å²) in [6.45, 7) is 0.700. The zero-order chi connectivity index (χ0) is 14.8. The van der Waals surface area contributed by atoms with Crippen LogP contribution in [0, 0.1) is 5.92 Å². The van der Waals surface area contributed by atoms with Crippen LogP contribution in [-0.4, -0.2) is 40.1 Å². The van der Waals surface area contributed by atoms with E-state index in [-0.39, 0.29) is 12.6 Å². The third kappa shape index (κ3) is 2.79. The maximum atomic E-state index is 12.1. The number of urea groups is 1. The number of likely N-dealkylation sites (tertiary alicyclic amines) is 1. The monoisotopic (exact) mass is 285 g/mol. The van der Waals surface area contributed by atoms with Gasteiger partial charge in [-0.2, -0.15) is 0 Å². The van der Waals surface area contributed by atoms with Gasteiger partial charge in [-0.05, 0) is 17.9 Å². The van der Waals surface area contributed by atoms with E-state index in [1.54, 1.807) is 12.3 Å². The molecule has 108 valence electrons. The van der Waals surface area contributed by atoms with E-state index in [4.69, 9.17) is 5.11 Å². The lowest BCUT2D eigenvalue weighted by atomic mass is 10.1. The van der Waals surface area contributed by atoms with Gasteiger partial charge in [0.1, 0.15) is 5.82 Å². The molecular formula is C15H15N3O3. The molecule has 0 spiro atoms. The largest absolute Gasteiger partial charge is 0.481 e. The van der Waals surface area contributed by atoms with Gasteiger partial charge in [-0.1, -0.05) is 24.3 Å². The van der Waals surface area contributed by atoms with Crippen molar-refractivity contribution in [1.29, 1.82) is 0 Å². The van der Waals surface area contributed by atoms with E-state index in [1.807, 2.05) is 24.3 Å². The second kappa shape index (κ2) is 5.40. The molecule has 0 saturated carbocycles. The molecule has 21 heavy (non-hydrogen) atoms. The standard InChI is InChI=1S/C15H15N3O3/c19-14(20)12-5-6-18(9-12)15(21)17-13-7-10-3-1-2-4-11(10)8-16-13/h1-4,7-8,12H,5-6,9H2,(H,19,20)(H,16,17,21). The van der Waals surface area contributed by atoms with Gasteiger partial charge >= 0.3 is 12.0 Å². The first-order chi connectivity index (χ1) is 10.1. The molecular weight excluding hydrogens is 270 g/mol. The molecule has 0 radical (unpaired) electrons. The Balaban J connectivity index is 1.70. The molecule has 1 fully saturated rings. The predicted molar refractivity (Wildman–Crippen MR) is 78.1 cm³/mol. The van der Waals surface area contributed by atoms with E-state index in [0.717, 1.165) is 10.8 Å². The fourth-order valence-electron chi connectivity index (χ4n) is 2.49. The maximum Gasteiger partial charge on any atom is 0.323 e. The number of aliphatic carboxylic acids is 1. The number of nitrogens with zero attached hydrogens (tertiary/aromatic N) is 2. The smallest absolute Gasteiger partial charge is 0.323 e. The van der Waals surface area contributed by atoms with Gasteiger partial charge < -0.3 is 10.0 Å². The highest BCUT2D eigenvalue weighted by molar-refractivity contribution is 5.92. The van der Waals surface area contributed by atoms with E-state index in [0.29, 0.717) is 18.8 Å². The molecule has 1 saturated heterocycles. The first-order valence-electron chi connectivity index (χ1n) is 6.77. The summed E-state index contributed by atoms with van der Waals surface area (Å²) in [5, 5.41) is 13.7. The highest BCUT2D eigenvalue weighted by Crippen LogP contribution is 2.19. The number of amides is 2. The minimum Gasteiger partial charge on any atom is -0.481 e.